The van der Waals surface area contributed by atoms with E-state index in [2.05, 4.69) is 90.6 Å². The van der Waals surface area contributed by atoms with Crippen molar-refractivity contribution < 1.29 is 10.2 Å². The second kappa shape index (κ2) is 12.1. The van der Waals surface area contributed by atoms with Gasteiger partial charge in [0.2, 0.25) is 0 Å². The van der Waals surface area contributed by atoms with E-state index in [1.807, 2.05) is 26.8 Å². The molecule has 0 amide bonds. The van der Waals surface area contributed by atoms with Crippen LogP contribution in [-0.4, -0.2) is 47.2 Å². The fourth-order valence-corrected chi connectivity index (χ4v) is 4.07. The molecule has 0 bridgehead atoms. The molecule has 2 N–H and O–H groups in total. The predicted octanol–water partition coefficient (Wildman–Crippen LogP) is 6.90. The van der Waals surface area contributed by atoms with Gasteiger partial charge >= 0.3 is 0 Å². The van der Waals surface area contributed by atoms with E-state index in [0.717, 1.165) is 35.3 Å². The van der Waals surface area contributed by atoms with Crippen molar-refractivity contribution in [1.82, 2.24) is 9.80 Å². The molecule has 4 heteroatoms. The molecule has 2 rings (SSSR count). The smallest absolute Gasteiger partial charge is 0.123 e. The topological polar surface area (TPSA) is 46.9 Å². The molecule has 4 nitrogen and oxygen atoms in total. The van der Waals surface area contributed by atoms with Crippen molar-refractivity contribution >= 4 is 0 Å². The minimum atomic E-state index is -0.118. The molecule has 2 aromatic rings. The summed E-state index contributed by atoms with van der Waals surface area (Å²) in [6.07, 6.45) is 0. The number of phenolic OH excluding ortho intramolecular Hbond substituents is 2. The highest BCUT2D eigenvalue weighted by Gasteiger charge is 2.25. The maximum Gasteiger partial charge on any atom is 0.123 e. The zero-order valence-corrected chi connectivity index (χ0v) is 23.9. The van der Waals surface area contributed by atoms with Crippen LogP contribution >= 0.6 is 0 Å². The van der Waals surface area contributed by atoms with Crippen molar-refractivity contribution in [3.8, 4) is 11.5 Å². The SMILES string of the molecule is CC.Cc1cc(C)c(O)c(CN(C)CCN(C)Cc2cc(C(C)(C)C)cc(C(C)(C)C)c2O)c1. The lowest BCUT2D eigenvalue weighted by Crippen LogP contribution is -2.30. The molecule has 0 spiro atoms. The highest BCUT2D eigenvalue weighted by Crippen LogP contribution is 2.38. The summed E-state index contributed by atoms with van der Waals surface area (Å²) in [5, 5.41) is 21.4. The maximum atomic E-state index is 11.1. The molecule has 0 saturated heterocycles. The first kappa shape index (κ1) is 30.0. The number of rotatable bonds is 7. The molecule has 0 aliphatic heterocycles. The van der Waals surface area contributed by atoms with Crippen molar-refractivity contribution in [2.24, 2.45) is 0 Å². The third-order valence-electron chi connectivity index (χ3n) is 6.13. The Morgan fingerprint density at radius 3 is 1.59 bits per heavy atom. The third kappa shape index (κ3) is 8.32. The predicted molar refractivity (Wildman–Crippen MR) is 147 cm³/mol. The number of nitrogens with zero attached hydrogens (tertiary/aromatic N) is 2. The molecular weight excluding hydrogens is 420 g/mol. The normalized spacial score (nSPS) is 12.2. The lowest BCUT2D eigenvalue weighted by Gasteiger charge is -2.29. The number of phenols is 2. The first-order valence-corrected chi connectivity index (χ1v) is 12.6. The summed E-state index contributed by atoms with van der Waals surface area (Å²) in [5.41, 5.74) is 6.22. The Bertz CT molecular complexity index is 936. The van der Waals surface area contributed by atoms with Crippen LogP contribution in [0.15, 0.2) is 24.3 Å². The highest BCUT2D eigenvalue weighted by molar-refractivity contribution is 5.48. The van der Waals surface area contributed by atoms with Gasteiger partial charge in [0.25, 0.3) is 0 Å². The van der Waals surface area contributed by atoms with Gasteiger partial charge in [-0.1, -0.05) is 85.2 Å². The Morgan fingerprint density at radius 2 is 1.15 bits per heavy atom. The number of aryl methyl sites for hydroxylation is 2. The molecular formula is C30H50N2O2. The van der Waals surface area contributed by atoms with Crippen LogP contribution < -0.4 is 0 Å². The van der Waals surface area contributed by atoms with Crippen molar-refractivity contribution in [1.29, 1.82) is 0 Å². The van der Waals surface area contributed by atoms with E-state index in [-0.39, 0.29) is 10.8 Å². The van der Waals surface area contributed by atoms with Gasteiger partial charge in [-0.2, -0.15) is 0 Å². The van der Waals surface area contributed by atoms with Gasteiger partial charge in [-0.25, -0.2) is 0 Å². The lowest BCUT2D eigenvalue weighted by atomic mass is 9.79. The molecule has 0 aliphatic carbocycles. The fourth-order valence-electron chi connectivity index (χ4n) is 4.07. The van der Waals surface area contributed by atoms with Crippen LogP contribution in [0.4, 0.5) is 0 Å². The molecule has 0 saturated carbocycles. The molecule has 0 aliphatic rings. The minimum absolute atomic E-state index is 0.0230. The van der Waals surface area contributed by atoms with Gasteiger partial charge in [-0.15, -0.1) is 0 Å². The van der Waals surface area contributed by atoms with Crippen LogP contribution in [0.25, 0.3) is 0 Å². The standard InChI is InChI=1S/C28H44N2O2.C2H6/c1-19-13-20(2)25(31)21(14-19)17-29(9)11-12-30(10)18-22-15-23(27(3,4)5)16-24(26(22)32)28(6,7)8;1-2/h13-16,31-32H,11-12,17-18H2,1-10H3;1-2H3. The second-order valence-corrected chi connectivity index (χ2v) is 11.6. The first-order chi connectivity index (χ1) is 15.6. The first-order valence-electron chi connectivity index (χ1n) is 12.6. The molecule has 0 aromatic heterocycles. The fraction of sp³-hybridized carbons (Fsp3) is 0.600. The molecule has 0 fully saturated rings. The summed E-state index contributed by atoms with van der Waals surface area (Å²) in [6, 6.07) is 8.41. The summed E-state index contributed by atoms with van der Waals surface area (Å²) in [7, 11) is 4.18. The van der Waals surface area contributed by atoms with E-state index >= 15 is 0 Å². The molecule has 34 heavy (non-hydrogen) atoms. The average Bonchev–Trinajstić information content (AvgIpc) is 2.71. The zero-order valence-electron chi connectivity index (χ0n) is 23.9. The molecule has 0 unspecified atom stereocenters. The van der Waals surface area contributed by atoms with E-state index in [4.69, 9.17) is 0 Å². The zero-order chi connectivity index (χ0) is 26.4. The monoisotopic (exact) mass is 470 g/mol. The summed E-state index contributed by atoms with van der Waals surface area (Å²) >= 11 is 0. The molecule has 0 radical (unpaired) electrons. The van der Waals surface area contributed by atoms with Gasteiger partial charge in [-0.3, -0.25) is 0 Å². The van der Waals surface area contributed by atoms with Gasteiger partial charge < -0.3 is 20.0 Å². The van der Waals surface area contributed by atoms with Crippen LogP contribution in [0.2, 0.25) is 0 Å². The van der Waals surface area contributed by atoms with E-state index in [1.165, 1.54) is 11.1 Å². The molecule has 2 aromatic carbocycles. The number of benzene rings is 2. The van der Waals surface area contributed by atoms with Gasteiger partial charge in [0.05, 0.1) is 0 Å². The van der Waals surface area contributed by atoms with E-state index in [0.29, 0.717) is 24.6 Å². The Balaban J connectivity index is 0.00000281. The number of hydrogen-bond acceptors (Lipinski definition) is 4. The second-order valence-electron chi connectivity index (χ2n) is 11.6. The summed E-state index contributed by atoms with van der Waals surface area (Å²) in [6.45, 7) is 24.3. The largest absolute Gasteiger partial charge is 0.507 e. The Kier molecular flexibility index (Phi) is 10.7. The van der Waals surface area contributed by atoms with Crippen LogP contribution in [0.5, 0.6) is 11.5 Å². The number of aromatic hydroxyl groups is 2. The van der Waals surface area contributed by atoms with Gasteiger partial charge in [0.15, 0.2) is 0 Å². The van der Waals surface area contributed by atoms with Crippen LogP contribution in [0.3, 0.4) is 0 Å². The van der Waals surface area contributed by atoms with Gasteiger partial charge in [-0.05, 0) is 55.5 Å². The highest BCUT2D eigenvalue weighted by atomic mass is 16.3. The summed E-state index contributed by atoms with van der Waals surface area (Å²) in [4.78, 5) is 4.49. The molecule has 192 valence electrons. The molecule has 0 atom stereocenters. The van der Waals surface area contributed by atoms with Crippen molar-refractivity contribution in [3.05, 3.63) is 57.6 Å². The van der Waals surface area contributed by atoms with Crippen molar-refractivity contribution in [2.45, 2.75) is 93.2 Å². The van der Waals surface area contributed by atoms with Gasteiger partial charge in [0.1, 0.15) is 11.5 Å². The number of hydrogen-bond donors (Lipinski definition) is 2. The van der Waals surface area contributed by atoms with Crippen LogP contribution in [-0.2, 0) is 23.9 Å². The van der Waals surface area contributed by atoms with E-state index < -0.39 is 0 Å². The minimum Gasteiger partial charge on any atom is -0.507 e. The Morgan fingerprint density at radius 1 is 0.676 bits per heavy atom. The Labute approximate surface area is 209 Å². The molecule has 0 heterocycles. The van der Waals surface area contributed by atoms with Crippen molar-refractivity contribution in [2.75, 3.05) is 27.2 Å². The average molecular weight is 471 g/mol. The van der Waals surface area contributed by atoms with Crippen LogP contribution in [0, 0.1) is 13.8 Å². The van der Waals surface area contributed by atoms with Crippen molar-refractivity contribution in [3.63, 3.8) is 0 Å². The third-order valence-corrected chi connectivity index (χ3v) is 6.13. The van der Waals surface area contributed by atoms with Crippen LogP contribution in [0.1, 0.15) is 88.8 Å². The lowest BCUT2D eigenvalue weighted by molar-refractivity contribution is 0.243. The summed E-state index contributed by atoms with van der Waals surface area (Å²) in [5.74, 6) is 0.820. The quantitative estimate of drug-likeness (QED) is 0.462. The van der Waals surface area contributed by atoms with Gasteiger partial charge in [0, 0.05) is 37.3 Å². The number of likely N-dealkylation sites (N-methyl/N-ethyl adjacent to an activating group) is 2. The van der Waals surface area contributed by atoms with E-state index in [9.17, 15) is 10.2 Å². The summed E-state index contributed by atoms with van der Waals surface area (Å²) < 4.78 is 0. The Hall–Kier alpha value is -2.04. The maximum absolute atomic E-state index is 11.1. The van der Waals surface area contributed by atoms with E-state index in [1.54, 1.807) is 0 Å².